The predicted molar refractivity (Wildman–Crippen MR) is 101 cm³/mol. The van der Waals surface area contributed by atoms with Gasteiger partial charge in [0.1, 0.15) is 0 Å². The van der Waals surface area contributed by atoms with Gasteiger partial charge in [-0.3, -0.25) is 4.79 Å². The molecule has 0 bridgehead atoms. The molecule has 23 heavy (non-hydrogen) atoms. The Labute approximate surface area is 145 Å². The fourth-order valence-electron chi connectivity index (χ4n) is 2.20. The molecule has 2 N–H and O–H groups in total. The van der Waals surface area contributed by atoms with Gasteiger partial charge in [-0.15, -0.1) is 0 Å². The Hall–Kier alpha value is -0.830. The first-order valence-corrected chi connectivity index (χ1v) is 9.45. The molecular weight excluding hydrogens is 286 g/mol. The molecule has 0 aliphatic heterocycles. The van der Waals surface area contributed by atoms with Gasteiger partial charge in [-0.05, 0) is 31.6 Å². The second kappa shape index (κ2) is 17.5. The predicted octanol–water partition coefficient (Wildman–Crippen LogP) is 5.48. The van der Waals surface area contributed by atoms with Crippen LogP contribution in [0.5, 0.6) is 0 Å². The number of ether oxygens (including phenoxy) is 1. The van der Waals surface area contributed by atoms with Crippen LogP contribution in [0.25, 0.3) is 0 Å². The van der Waals surface area contributed by atoms with Crippen LogP contribution in [0.15, 0.2) is 12.2 Å². The summed E-state index contributed by atoms with van der Waals surface area (Å²) in [6.45, 7) is 15.9. The minimum atomic E-state index is -0.435. The summed E-state index contributed by atoms with van der Waals surface area (Å²) in [6.07, 6.45) is 10.6. The van der Waals surface area contributed by atoms with E-state index in [9.17, 15) is 4.79 Å². The molecular formula is C20H41NO2. The molecule has 0 aromatic heterocycles. The summed E-state index contributed by atoms with van der Waals surface area (Å²) in [5.74, 6) is 1.15. The van der Waals surface area contributed by atoms with Gasteiger partial charge in [-0.2, -0.15) is 0 Å². The number of hydrogen-bond acceptors (Lipinski definition) is 2. The molecule has 2 unspecified atom stereocenters. The number of carbonyl (C=O) groups is 1. The fraction of sp³-hybridized carbons (Fsp3) is 0.850. The first-order chi connectivity index (χ1) is 10.9. The molecule has 0 aromatic carbocycles. The van der Waals surface area contributed by atoms with Gasteiger partial charge in [-0.25, -0.2) is 0 Å². The highest BCUT2D eigenvalue weighted by atomic mass is 16.5. The molecule has 0 radical (unpaired) electrons. The molecule has 0 fully saturated rings. The first kappa shape index (κ1) is 24.4. The van der Waals surface area contributed by atoms with Gasteiger partial charge in [0.2, 0.25) is 5.91 Å². The van der Waals surface area contributed by atoms with Crippen LogP contribution in [0.3, 0.4) is 0 Å². The van der Waals surface area contributed by atoms with Crippen molar-refractivity contribution in [1.82, 2.24) is 0 Å². The molecule has 3 nitrogen and oxygen atoms in total. The van der Waals surface area contributed by atoms with E-state index in [2.05, 4.69) is 34.3 Å². The minimum Gasteiger partial charge on any atom is -0.381 e. The first-order valence-electron chi connectivity index (χ1n) is 9.45. The molecule has 0 heterocycles. The Kier molecular flexibility index (Phi) is 18.6. The third kappa shape index (κ3) is 17.4. The van der Waals surface area contributed by atoms with E-state index in [-0.39, 0.29) is 0 Å². The molecule has 1 amide bonds. The summed E-state index contributed by atoms with van der Waals surface area (Å²) < 4.78 is 5.93. The molecule has 0 spiro atoms. The monoisotopic (exact) mass is 327 g/mol. The summed E-state index contributed by atoms with van der Waals surface area (Å²) in [5, 5.41) is 0. The van der Waals surface area contributed by atoms with Crippen molar-refractivity contribution < 1.29 is 9.53 Å². The Morgan fingerprint density at radius 1 is 0.957 bits per heavy atom. The molecule has 138 valence electrons. The van der Waals surface area contributed by atoms with E-state index < -0.39 is 5.91 Å². The van der Waals surface area contributed by atoms with E-state index in [0.29, 0.717) is 5.57 Å². The normalized spacial score (nSPS) is 12.9. The van der Waals surface area contributed by atoms with Crippen LogP contribution >= 0.6 is 0 Å². The molecule has 0 saturated heterocycles. The van der Waals surface area contributed by atoms with E-state index in [1.807, 2.05) is 0 Å². The van der Waals surface area contributed by atoms with Crippen molar-refractivity contribution in [3.8, 4) is 0 Å². The largest absolute Gasteiger partial charge is 0.381 e. The van der Waals surface area contributed by atoms with Crippen molar-refractivity contribution >= 4 is 5.91 Å². The molecule has 0 saturated carbocycles. The summed E-state index contributed by atoms with van der Waals surface area (Å²) >= 11 is 0. The molecule has 3 heteroatoms. The quantitative estimate of drug-likeness (QED) is 0.455. The lowest BCUT2D eigenvalue weighted by molar-refractivity contribution is -0.114. The highest BCUT2D eigenvalue weighted by molar-refractivity contribution is 5.90. The van der Waals surface area contributed by atoms with Gasteiger partial charge in [0, 0.05) is 18.8 Å². The van der Waals surface area contributed by atoms with Gasteiger partial charge < -0.3 is 10.5 Å². The molecule has 0 rings (SSSR count). The van der Waals surface area contributed by atoms with Crippen LogP contribution in [0, 0.1) is 11.8 Å². The number of rotatable bonds is 13. The highest BCUT2D eigenvalue weighted by Gasteiger charge is 2.09. The summed E-state index contributed by atoms with van der Waals surface area (Å²) in [6, 6.07) is 0. The molecule has 0 aliphatic carbocycles. The summed E-state index contributed by atoms with van der Waals surface area (Å²) in [4.78, 5) is 9.82. The van der Waals surface area contributed by atoms with Crippen LogP contribution < -0.4 is 5.73 Å². The third-order valence-corrected chi connectivity index (χ3v) is 4.21. The maximum atomic E-state index is 9.82. The number of amides is 1. The lowest BCUT2D eigenvalue weighted by Crippen LogP contribution is -2.14. The van der Waals surface area contributed by atoms with Gasteiger partial charge in [0.15, 0.2) is 0 Å². The smallest absolute Gasteiger partial charge is 0.243 e. The maximum absolute atomic E-state index is 9.82. The van der Waals surface area contributed by atoms with E-state index in [0.717, 1.165) is 25.0 Å². The zero-order chi connectivity index (χ0) is 18.1. The number of nitrogens with two attached hydrogens (primary N) is 1. The van der Waals surface area contributed by atoms with Crippen molar-refractivity contribution in [1.29, 1.82) is 0 Å². The van der Waals surface area contributed by atoms with Crippen molar-refractivity contribution in [2.24, 2.45) is 17.6 Å². The summed E-state index contributed by atoms with van der Waals surface area (Å²) in [7, 11) is 0. The van der Waals surface area contributed by atoms with Crippen LogP contribution in [0.1, 0.15) is 86.0 Å². The number of primary amides is 1. The number of unbranched alkanes of at least 4 members (excludes halogenated alkanes) is 2. The Bertz CT molecular complexity index is 261. The number of hydrogen-bond donors (Lipinski definition) is 1. The fourth-order valence-corrected chi connectivity index (χ4v) is 2.20. The van der Waals surface area contributed by atoms with Crippen LogP contribution in [-0.2, 0) is 9.53 Å². The lowest BCUT2D eigenvalue weighted by Gasteiger charge is -2.18. The van der Waals surface area contributed by atoms with Crippen LogP contribution in [0.4, 0.5) is 0 Å². The maximum Gasteiger partial charge on any atom is 0.243 e. The highest BCUT2D eigenvalue weighted by Crippen LogP contribution is 2.16. The van der Waals surface area contributed by atoms with E-state index in [1.165, 1.54) is 51.4 Å². The third-order valence-electron chi connectivity index (χ3n) is 4.21. The van der Waals surface area contributed by atoms with E-state index in [4.69, 9.17) is 10.5 Å². The van der Waals surface area contributed by atoms with Crippen molar-refractivity contribution in [2.45, 2.75) is 86.0 Å². The van der Waals surface area contributed by atoms with Gasteiger partial charge in [0.05, 0.1) is 0 Å². The van der Waals surface area contributed by atoms with Gasteiger partial charge >= 0.3 is 0 Å². The Balaban J connectivity index is 0. The Morgan fingerprint density at radius 2 is 1.30 bits per heavy atom. The average molecular weight is 328 g/mol. The van der Waals surface area contributed by atoms with Gasteiger partial charge in [0.25, 0.3) is 0 Å². The average Bonchev–Trinajstić information content (AvgIpc) is 2.54. The zero-order valence-electron chi connectivity index (χ0n) is 16.3. The van der Waals surface area contributed by atoms with E-state index >= 15 is 0 Å². The lowest BCUT2D eigenvalue weighted by atomic mass is 9.99. The van der Waals surface area contributed by atoms with Crippen LogP contribution in [-0.4, -0.2) is 19.1 Å². The van der Waals surface area contributed by atoms with Crippen LogP contribution in [0.2, 0.25) is 0 Å². The van der Waals surface area contributed by atoms with Crippen molar-refractivity contribution in [3.05, 3.63) is 12.2 Å². The van der Waals surface area contributed by atoms with Gasteiger partial charge in [-0.1, -0.05) is 72.8 Å². The van der Waals surface area contributed by atoms with E-state index in [1.54, 1.807) is 6.92 Å². The summed E-state index contributed by atoms with van der Waals surface area (Å²) in [5.41, 5.74) is 5.09. The zero-order valence-corrected chi connectivity index (χ0v) is 16.3. The molecule has 2 atom stereocenters. The molecule has 0 aliphatic rings. The minimum absolute atomic E-state index is 0.398. The second-order valence-corrected chi connectivity index (χ2v) is 6.52. The topological polar surface area (TPSA) is 52.3 Å². The molecule has 0 aromatic rings. The van der Waals surface area contributed by atoms with Crippen molar-refractivity contribution in [2.75, 3.05) is 13.2 Å². The SMILES string of the molecule is C=C(C)C(N)=O.CCCCC(CC)COCC(CC)CCCC. The Morgan fingerprint density at radius 3 is 1.52 bits per heavy atom. The van der Waals surface area contributed by atoms with Crippen molar-refractivity contribution in [3.63, 3.8) is 0 Å². The standard InChI is InChI=1S/C16H34O.C4H7NO/c1-5-9-11-15(7-3)13-17-14-16(8-4)12-10-6-2;1-3(2)4(5)6/h15-16H,5-14H2,1-4H3;1H2,2H3,(H2,5,6). The second-order valence-electron chi connectivity index (χ2n) is 6.52. The number of carbonyl (C=O) groups excluding carboxylic acids is 1.